The third-order valence-electron chi connectivity index (χ3n) is 2.83. The molecule has 20 heavy (non-hydrogen) atoms. The van der Waals surface area contributed by atoms with Crippen molar-refractivity contribution in [2.24, 2.45) is 0 Å². The van der Waals surface area contributed by atoms with Gasteiger partial charge in [-0.15, -0.1) is 0 Å². The molecule has 0 saturated carbocycles. The lowest BCUT2D eigenvalue weighted by Gasteiger charge is -2.19. The Morgan fingerprint density at radius 3 is 2.90 bits per heavy atom. The lowest BCUT2D eigenvalue weighted by molar-refractivity contribution is -0.133. The molecule has 1 aliphatic heterocycles. The van der Waals surface area contributed by atoms with Gasteiger partial charge in [-0.2, -0.15) is 0 Å². The number of carbonyl (C=O) groups excluding carboxylic acids is 1. The molecule has 2 rings (SSSR count). The van der Waals surface area contributed by atoms with E-state index < -0.39 is 15.8 Å². The summed E-state index contributed by atoms with van der Waals surface area (Å²) in [4.78, 5) is 13.3. The fraction of sp³-hybridized carbons (Fsp3) is 0.417. The first-order valence-corrected chi connectivity index (χ1v) is 7.88. The van der Waals surface area contributed by atoms with Crippen LogP contribution in [0.3, 0.4) is 0 Å². The molecule has 1 heterocycles. The molecule has 0 aliphatic carbocycles. The molecule has 0 saturated heterocycles. The van der Waals surface area contributed by atoms with Crippen molar-refractivity contribution in [3.63, 3.8) is 0 Å². The first-order chi connectivity index (χ1) is 9.35. The van der Waals surface area contributed by atoms with Crippen LogP contribution in [-0.2, 0) is 21.4 Å². The van der Waals surface area contributed by atoms with Gasteiger partial charge in [-0.05, 0) is 18.2 Å². The number of nitrogens with zero attached hydrogens (tertiary/aromatic N) is 1. The lowest BCUT2D eigenvalue weighted by Crippen LogP contribution is -2.38. The van der Waals surface area contributed by atoms with Gasteiger partial charge >= 0.3 is 0 Å². The summed E-state index contributed by atoms with van der Waals surface area (Å²) in [6.07, 6.45) is 1.05. The highest BCUT2D eigenvalue weighted by atomic mass is 32.2. The van der Waals surface area contributed by atoms with Gasteiger partial charge in [0.05, 0.1) is 6.26 Å². The maximum atomic E-state index is 13.2. The number of rotatable bonds is 4. The minimum absolute atomic E-state index is 0.106. The largest absolute Gasteiger partial charge is 0.483 e. The molecule has 0 fully saturated rings. The number of fused-ring (bicyclic) bond motifs is 1. The van der Waals surface area contributed by atoms with Crippen molar-refractivity contribution in [2.75, 3.05) is 26.0 Å². The van der Waals surface area contributed by atoms with Gasteiger partial charge in [0.1, 0.15) is 11.6 Å². The molecular weight excluding hydrogens is 287 g/mol. The van der Waals surface area contributed by atoms with E-state index >= 15 is 0 Å². The van der Waals surface area contributed by atoms with Crippen LogP contribution in [0, 0.1) is 5.82 Å². The Morgan fingerprint density at radius 2 is 2.20 bits per heavy atom. The van der Waals surface area contributed by atoms with Gasteiger partial charge in [0.15, 0.2) is 6.61 Å². The Hall–Kier alpha value is -1.67. The standard InChI is InChI=1S/C12H15FN2O4S/c1-20(17,18)14-4-5-15-7-9-6-10(13)2-3-11(9)19-8-12(15)16/h2-3,6,14H,4-5,7-8H2,1H3. The Labute approximate surface area is 116 Å². The topological polar surface area (TPSA) is 75.7 Å². The maximum Gasteiger partial charge on any atom is 0.260 e. The highest BCUT2D eigenvalue weighted by Crippen LogP contribution is 2.24. The number of amides is 1. The van der Waals surface area contributed by atoms with E-state index in [0.29, 0.717) is 11.3 Å². The van der Waals surface area contributed by atoms with E-state index in [2.05, 4.69) is 4.72 Å². The Bertz CT molecular complexity index is 618. The van der Waals surface area contributed by atoms with Crippen molar-refractivity contribution in [3.05, 3.63) is 29.6 Å². The van der Waals surface area contributed by atoms with Crippen molar-refractivity contribution in [1.82, 2.24) is 9.62 Å². The molecule has 0 aromatic heterocycles. The zero-order chi connectivity index (χ0) is 14.8. The summed E-state index contributed by atoms with van der Waals surface area (Å²) in [5, 5.41) is 0. The molecule has 0 bridgehead atoms. The van der Waals surface area contributed by atoms with Crippen LogP contribution in [0.4, 0.5) is 4.39 Å². The normalized spacial score (nSPS) is 15.5. The highest BCUT2D eigenvalue weighted by molar-refractivity contribution is 7.88. The second kappa shape index (κ2) is 5.76. The fourth-order valence-electron chi connectivity index (χ4n) is 1.91. The average Bonchev–Trinajstić information content (AvgIpc) is 2.48. The van der Waals surface area contributed by atoms with Gasteiger partial charge in [0.25, 0.3) is 5.91 Å². The van der Waals surface area contributed by atoms with Crippen LogP contribution in [0.5, 0.6) is 5.75 Å². The number of nitrogens with one attached hydrogen (secondary N) is 1. The number of benzene rings is 1. The molecule has 110 valence electrons. The van der Waals surface area contributed by atoms with E-state index in [0.717, 1.165) is 6.26 Å². The zero-order valence-corrected chi connectivity index (χ0v) is 11.7. The summed E-state index contributed by atoms with van der Waals surface area (Å²) < 4.78 is 42.8. The predicted molar refractivity (Wildman–Crippen MR) is 70.2 cm³/mol. The average molecular weight is 302 g/mol. The van der Waals surface area contributed by atoms with Gasteiger partial charge in [0, 0.05) is 25.2 Å². The molecule has 1 aromatic rings. The summed E-state index contributed by atoms with van der Waals surface area (Å²) in [7, 11) is -3.30. The molecule has 1 N–H and O–H groups in total. The second-order valence-electron chi connectivity index (χ2n) is 4.52. The van der Waals surface area contributed by atoms with Crippen LogP contribution in [0.2, 0.25) is 0 Å². The summed E-state index contributed by atoms with van der Waals surface area (Å²) in [6, 6.07) is 4.06. The molecule has 0 spiro atoms. The quantitative estimate of drug-likeness (QED) is 0.855. The van der Waals surface area contributed by atoms with Crippen LogP contribution in [0.15, 0.2) is 18.2 Å². The Kier molecular flexibility index (Phi) is 4.24. The van der Waals surface area contributed by atoms with Crippen LogP contribution in [-0.4, -0.2) is 45.2 Å². The molecule has 1 aliphatic rings. The molecule has 1 aromatic carbocycles. The van der Waals surface area contributed by atoms with Crippen LogP contribution in [0.25, 0.3) is 0 Å². The first kappa shape index (κ1) is 14.7. The van der Waals surface area contributed by atoms with E-state index in [1.807, 2.05) is 0 Å². The summed E-state index contributed by atoms with van der Waals surface area (Å²) in [5.41, 5.74) is 0.565. The number of halogens is 1. The van der Waals surface area contributed by atoms with Gasteiger partial charge in [0.2, 0.25) is 10.0 Å². The third kappa shape index (κ3) is 3.91. The van der Waals surface area contributed by atoms with Gasteiger partial charge in [-0.3, -0.25) is 4.79 Å². The van der Waals surface area contributed by atoms with E-state index in [1.54, 1.807) is 0 Å². The van der Waals surface area contributed by atoms with Gasteiger partial charge in [-0.25, -0.2) is 17.5 Å². The highest BCUT2D eigenvalue weighted by Gasteiger charge is 2.21. The van der Waals surface area contributed by atoms with Crippen molar-refractivity contribution in [3.8, 4) is 5.75 Å². The van der Waals surface area contributed by atoms with Gasteiger partial charge < -0.3 is 9.64 Å². The van der Waals surface area contributed by atoms with E-state index in [4.69, 9.17) is 4.74 Å². The lowest BCUT2D eigenvalue weighted by atomic mass is 10.2. The number of carbonyl (C=O) groups is 1. The van der Waals surface area contributed by atoms with Gasteiger partial charge in [-0.1, -0.05) is 0 Å². The smallest absolute Gasteiger partial charge is 0.260 e. The van der Waals surface area contributed by atoms with E-state index in [1.165, 1.54) is 23.1 Å². The van der Waals surface area contributed by atoms with Crippen molar-refractivity contribution < 1.29 is 22.3 Å². The number of hydrogen-bond donors (Lipinski definition) is 1. The predicted octanol–water partition coefficient (Wildman–Crippen LogP) is 0.0959. The van der Waals surface area contributed by atoms with Crippen molar-refractivity contribution in [1.29, 1.82) is 0 Å². The second-order valence-corrected chi connectivity index (χ2v) is 6.36. The third-order valence-corrected chi connectivity index (χ3v) is 3.56. The number of ether oxygens (including phenoxy) is 1. The van der Waals surface area contributed by atoms with E-state index in [9.17, 15) is 17.6 Å². The molecule has 0 atom stereocenters. The minimum atomic E-state index is -3.30. The van der Waals surface area contributed by atoms with Crippen LogP contribution in [0.1, 0.15) is 5.56 Å². The van der Waals surface area contributed by atoms with Crippen LogP contribution < -0.4 is 9.46 Å². The molecule has 0 unspecified atom stereocenters. The monoisotopic (exact) mass is 302 g/mol. The molecule has 1 amide bonds. The zero-order valence-electron chi connectivity index (χ0n) is 10.9. The van der Waals surface area contributed by atoms with Crippen molar-refractivity contribution in [2.45, 2.75) is 6.54 Å². The SMILES string of the molecule is CS(=O)(=O)NCCN1Cc2cc(F)ccc2OCC1=O. The molecule has 0 radical (unpaired) electrons. The van der Waals surface area contributed by atoms with Crippen LogP contribution >= 0.6 is 0 Å². The first-order valence-electron chi connectivity index (χ1n) is 5.99. The molecule has 8 heteroatoms. The fourth-order valence-corrected chi connectivity index (χ4v) is 2.37. The number of sulfonamides is 1. The minimum Gasteiger partial charge on any atom is -0.483 e. The maximum absolute atomic E-state index is 13.2. The summed E-state index contributed by atoms with van der Waals surface area (Å²) in [5.74, 6) is -0.203. The van der Waals surface area contributed by atoms with E-state index in [-0.39, 0.29) is 32.1 Å². The summed E-state index contributed by atoms with van der Waals surface area (Å²) >= 11 is 0. The van der Waals surface area contributed by atoms with Crippen molar-refractivity contribution >= 4 is 15.9 Å². The Balaban J connectivity index is 2.07. The summed E-state index contributed by atoms with van der Waals surface area (Å²) in [6.45, 7) is 0.356. The molecular formula is C12H15FN2O4S. The molecule has 6 nitrogen and oxygen atoms in total. The number of hydrogen-bond acceptors (Lipinski definition) is 4. The Morgan fingerprint density at radius 1 is 1.45 bits per heavy atom.